The number of carbonyl (C=O) groups is 1. The number of nitrogen functional groups attached to an aromatic ring is 1. The molecule has 0 aliphatic rings. The van der Waals surface area contributed by atoms with E-state index in [4.69, 9.17) is 5.73 Å². The number of nitrogens with zero attached hydrogens (tertiary/aromatic N) is 1. The van der Waals surface area contributed by atoms with E-state index >= 15 is 0 Å². The maximum atomic E-state index is 12.4. The Morgan fingerprint density at radius 1 is 1.33 bits per heavy atom. The van der Waals surface area contributed by atoms with Crippen LogP contribution in [0.1, 0.15) is 49.9 Å². The average molecular weight is 291 g/mol. The number of unbranched alkanes of at least 4 members (excludes halogenated alkanes) is 1. The highest BCUT2D eigenvalue weighted by Crippen LogP contribution is 2.21. The van der Waals surface area contributed by atoms with Crippen molar-refractivity contribution >= 4 is 17.3 Å². The van der Waals surface area contributed by atoms with Gasteiger partial charge in [0.2, 0.25) is 0 Å². The number of anilines is 2. The fourth-order valence-corrected chi connectivity index (χ4v) is 2.40. The van der Waals surface area contributed by atoms with Crippen LogP contribution in [0.15, 0.2) is 18.2 Å². The second-order valence-electron chi connectivity index (χ2n) is 5.80. The number of nitrogens with two attached hydrogens (primary N) is 1. The molecule has 0 heterocycles. The van der Waals surface area contributed by atoms with Gasteiger partial charge in [0, 0.05) is 32.0 Å². The van der Waals surface area contributed by atoms with Gasteiger partial charge < -0.3 is 16.0 Å². The molecule has 1 aromatic rings. The lowest BCUT2D eigenvalue weighted by atomic mass is 9.99. The SMILES string of the molecule is CCCCC(CC)CNC(=O)c1cc(N)ccc1N(C)C. The molecule has 0 aliphatic carbocycles. The largest absolute Gasteiger partial charge is 0.399 e. The minimum absolute atomic E-state index is 0.0408. The molecule has 0 aromatic heterocycles. The lowest BCUT2D eigenvalue weighted by molar-refractivity contribution is 0.0946. The summed E-state index contributed by atoms with van der Waals surface area (Å²) < 4.78 is 0. The van der Waals surface area contributed by atoms with Gasteiger partial charge >= 0.3 is 0 Å². The van der Waals surface area contributed by atoms with Gasteiger partial charge in [0.25, 0.3) is 5.91 Å². The summed E-state index contributed by atoms with van der Waals surface area (Å²) in [5.74, 6) is 0.513. The zero-order valence-electron chi connectivity index (χ0n) is 13.8. The summed E-state index contributed by atoms with van der Waals surface area (Å²) in [6, 6.07) is 5.46. The zero-order chi connectivity index (χ0) is 15.8. The fraction of sp³-hybridized carbons (Fsp3) is 0.588. The molecule has 0 bridgehead atoms. The summed E-state index contributed by atoms with van der Waals surface area (Å²) in [5.41, 5.74) is 7.97. The highest BCUT2D eigenvalue weighted by molar-refractivity contribution is 6.00. The van der Waals surface area contributed by atoms with E-state index in [2.05, 4.69) is 19.2 Å². The van der Waals surface area contributed by atoms with Gasteiger partial charge in [-0.2, -0.15) is 0 Å². The minimum atomic E-state index is -0.0408. The van der Waals surface area contributed by atoms with Gasteiger partial charge in [-0.05, 0) is 30.5 Å². The van der Waals surface area contributed by atoms with E-state index in [9.17, 15) is 4.79 Å². The third-order valence-corrected chi connectivity index (χ3v) is 3.84. The molecule has 3 N–H and O–H groups in total. The van der Waals surface area contributed by atoms with Gasteiger partial charge in [-0.25, -0.2) is 0 Å². The number of amides is 1. The first-order valence-electron chi connectivity index (χ1n) is 7.84. The second kappa shape index (κ2) is 8.55. The quantitative estimate of drug-likeness (QED) is 0.723. The third kappa shape index (κ3) is 5.29. The van der Waals surface area contributed by atoms with E-state index < -0.39 is 0 Å². The first-order chi connectivity index (χ1) is 9.99. The predicted octanol–water partition coefficient (Wildman–Crippen LogP) is 3.28. The lowest BCUT2D eigenvalue weighted by Crippen LogP contribution is -2.30. The monoisotopic (exact) mass is 291 g/mol. The van der Waals surface area contributed by atoms with Crippen LogP contribution in [0.2, 0.25) is 0 Å². The van der Waals surface area contributed by atoms with E-state index in [0.29, 0.717) is 17.2 Å². The van der Waals surface area contributed by atoms with Crippen molar-refractivity contribution in [2.45, 2.75) is 39.5 Å². The zero-order valence-corrected chi connectivity index (χ0v) is 13.8. The van der Waals surface area contributed by atoms with Gasteiger partial charge in [0.15, 0.2) is 0 Å². The molecule has 1 aromatic carbocycles. The van der Waals surface area contributed by atoms with Crippen molar-refractivity contribution in [2.24, 2.45) is 5.92 Å². The van der Waals surface area contributed by atoms with Crippen LogP contribution in [0.25, 0.3) is 0 Å². The number of hydrogen-bond donors (Lipinski definition) is 2. The normalized spacial score (nSPS) is 12.0. The van der Waals surface area contributed by atoms with Crippen LogP contribution in [-0.2, 0) is 0 Å². The first-order valence-corrected chi connectivity index (χ1v) is 7.84. The summed E-state index contributed by atoms with van der Waals surface area (Å²) in [6.07, 6.45) is 4.68. The van der Waals surface area contributed by atoms with Crippen molar-refractivity contribution < 1.29 is 4.79 Å². The van der Waals surface area contributed by atoms with Crippen LogP contribution in [-0.4, -0.2) is 26.5 Å². The Kier molecular flexibility index (Phi) is 7.06. The topological polar surface area (TPSA) is 58.4 Å². The summed E-state index contributed by atoms with van der Waals surface area (Å²) >= 11 is 0. The highest BCUT2D eigenvalue weighted by Gasteiger charge is 2.15. The van der Waals surface area contributed by atoms with Crippen LogP contribution in [0.3, 0.4) is 0 Å². The number of nitrogens with one attached hydrogen (secondary N) is 1. The molecule has 1 atom stereocenters. The molecule has 0 spiro atoms. The van der Waals surface area contributed by atoms with Crippen LogP contribution in [0.4, 0.5) is 11.4 Å². The Hall–Kier alpha value is -1.71. The Labute approximate surface area is 128 Å². The molecule has 4 nitrogen and oxygen atoms in total. The Morgan fingerprint density at radius 2 is 2.05 bits per heavy atom. The lowest BCUT2D eigenvalue weighted by Gasteiger charge is -2.19. The molecule has 1 rings (SSSR count). The number of hydrogen-bond acceptors (Lipinski definition) is 3. The molecular formula is C17H29N3O. The van der Waals surface area contributed by atoms with Gasteiger partial charge in [-0.15, -0.1) is 0 Å². The third-order valence-electron chi connectivity index (χ3n) is 3.84. The van der Waals surface area contributed by atoms with Gasteiger partial charge in [-0.3, -0.25) is 4.79 Å². The molecule has 0 fully saturated rings. The maximum absolute atomic E-state index is 12.4. The molecule has 1 unspecified atom stereocenters. The van der Waals surface area contributed by atoms with Crippen LogP contribution < -0.4 is 16.0 Å². The summed E-state index contributed by atoms with van der Waals surface area (Å²) in [7, 11) is 3.86. The second-order valence-corrected chi connectivity index (χ2v) is 5.80. The molecule has 0 aliphatic heterocycles. The van der Waals surface area contributed by atoms with Crippen molar-refractivity contribution in [1.82, 2.24) is 5.32 Å². The summed E-state index contributed by atoms with van der Waals surface area (Å²) in [4.78, 5) is 14.4. The van der Waals surface area contributed by atoms with Crippen molar-refractivity contribution in [1.29, 1.82) is 0 Å². The molecule has 1 amide bonds. The predicted molar refractivity (Wildman–Crippen MR) is 90.8 cm³/mol. The fourth-order valence-electron chi connectivity index (χ4n) is 2.40. The van der Waals surface area contributed by atoms with Crippen molar-refractivity contribution in [2.75, 3.05) is 31.3 Å². The highest BCUT2D eigenvalue weighted by atomic mass is 16.1. The van der Waals surface area contributed by atoms with Gasteiger partial charge in [-0.1, -0.05) is 33.1 Å². The van der Waals surface area contributed by atoms with E-state index in [1.54, 1.807) is 6.07 Å². The smallest absolute Gasteiger partial charge is 0.253 e. The van der Waals surface area contributed by atoms with Crippen molar-refractivity contribution in [3.8, 4) is 0 Å². The standard InChI is InChI=1S/C17H29N3O/c1-5-7-8-13(6-2)12-19-17(21)15-11-14(18)9-10-16(15)20(3)4/h9-11,13H,5-8,12,18H2,1-4H3,(H,19,21). The molecule has 4 heteroatoms. The Balaban J connectivity index is 2.73. The average Bonchev–Trinajstić information content (AvgIpc) is 2.46. The molecule has 0 saturated carbocycles. The van der Waals surface area contributed by atoms with Gasteiger partial charge in [0.05, 0.1) is 5.56 Å². The summed E-state index contributed by atoms with van der Waals surface area (Å²) in [5, 5.41) is 3.06. The van der Waals surface area contributed by atoms with E-state index in [-0.39, 0.29) is 5.91 Å². The number of rotatable bonds is 8. The van der Waals surface area contributed by atoms with E-state index in [1.165, 1.54) is 19.3 Å². The van der Waals surface area contributed by atoms with Crippen LogP contribution in [0.5, 0.6) is 0 Å². The Morgan fingerprint density at radius 3 is 2.62 bits per heavy atom. The molecule has 0 radical (unpaired) electrons. The molecular weight excluding hydrogens is 262 g/mol. The Bertz CT molecular complexity index is 457. The van der Waals surface area contributed by atoms with Crippen molar-refractivity contribution in [3.05, 3.63) is 23.8 Å². The molecule has 21 heavy (non-hydrogen) atoms. The molecule has 118 valence electrons. The number of benzene rings is 1. The molecule has 0 saturated heterocycles. The van der Waals surface area contributed by atoms with Gasteiger partial charge in [0.1, 0.15) is 0 Å². The van der Waals surface area contributed by atoms with Crippen LogP contribution >= 0.6 is 0 Å². The van der Waals surface area contributed by atoms with E-state index in [1.807, 2.05) is 31.1 Å². The van der Waals surface area contributed by atoms with E-state index in [0.717, 1.165) is 18.7 Å². The number of carbonyl (C=O) groups excluding carboxylic acids is 1. The first kappa shape index (κ1) is 17.3. The maximum Gasteiger partial charge on any atom is 0.253 e. The summed E-state index contributed by atoms with van der Waals surface area (Å²) in [6.45, 7) is 5.11. The van der Waals surface area contributed by atoms with Crippen LogP contribution in [0, 0.1) is 5.92 Å². The minimum Gasteiger partial charge on any atom is -0.399 e. The van der Waals surface area contributed by atoms with Crippen molar-refractivity contribution in [3.63, 3.8) is 0 Å².